The lowest BCUT2D eigenvalue weighted by atomic mass is 10.2. The van der Waals surface area contributed by atoms with Crippen LogP contribution in [0.25, 0.3) is 0 Å². The van der Waals surface area contributed by atoms with Crippen LogP contribution in [0.1, 0.15) is 53.3 Å². The van der Waals surface area contributed by atoms with Crippen LogP contribution >= 0.6 is 11.3 Å². The van der Waals surface area contributed by atoms with Gasteiger partial charge in [0.15, 0.2) is 0 Å². The molecule has 2 atom stereocenters. The van der Waals surface area contributed by atoms with Crippen molar-refractivity contribution < 1.29 is 4.79 Å². The van der Waals surface area contributed by atoms with Crippen LogP contribution in [0, 0.1) is 5.92 Å². The van der Waals surface area contributed by atoms with E-state index >= 15 is 0 Å². The van der Waals surface area contributed by atoms with Gasteiger partial charge in [0.05, 0.1) is 4.88 Å². The maximum atomic E-state index is 11.9. The van der Waals surface area contributed by atoms with Crippen LogP contribution < -0.4 is 10.6 Å². The molecule has 1 amide bonds. The van der Waals surface area contributed by atoms with Crippen LogP contribution in [0.5, 0.6) is 0 Å². The lowest BCUT2D eigenvalue weighted by molar-refractivity contribution is 0.0955. The van der Waals surface area contributed by atoms with Gasteiger partial charge in [-0.2, -0.15) is 0 Å². The molecule has 3 nitrogen and oxygen atoms in total. The molecule has 0 aliphatic heterocycles. The van der Waals surface area contributed by atoms with Gasteiger partial charge in [0.2, 0.25) is 0 Å². The molecule has 2 unspecified atom stereocenters. The molecule has 1 aromatic heterocycles. The van der Waals surface area contributed by atoms with Gasteiger partial charge in [0.1, 0.15) is 0 Å². The first-order valence-electron chi connectivity index (χ1n) is 7.42. The Hall–Kier alpha value is -0.870. The molecule has 0 radical (unpaired) electrons. The Balaban J connectivity index is 1.31. The monoisotopic (exact) mass is 276 g/mol. The van der Waals surface area contributed by atoms with E-state index < -0.39 is 0 Å². The Morgan fingerprint density at radius 2 is 2.16 bits per heavy atom. The molecule has 3 aliphatic rings. The fourth-order valence-electron chi connectivity index (χ4n) is 2.58. The highest BCUT2D eigenvalue weighted by molar-refractivity contribution is 7.12. The van der Waals surface area contributed by atoms with Crippen molar-refractivity contribution in [2.45, 2.75) is 50.1 Å². The maximum Gasteiger partial charge on any atom is 0.261 e. The molecule has 0 saturated heterocycles. The van der Waals surface area contributed by atoms with Crippen molar-refractivity contribution in [3.05, 3.63) is 21.9 Å². The number of rotatable bonds is 6. The Bertz CT molecular complexity index is 490. The van der Waals surface area contributed by atoms with Crippen LogP contribution in [-0.4, -0.2) is 24.5 Å². The van der Waals surface area contributed by atoms with Crippen LogP contribution in [0.3, 0.4) is 0 Å². The second kappa shape index (κ2) is 4.60. The molecule has 1 heterocycles. The number of hydrogen-bond donors (Lipinski definition) is 2. The molecule has 0 spiro atoms. The van der Waals surface area contributed by atoms with Gasteiger partial charge < -0.3 is 10.6 Å². The zero-order chi connectivity index (χ0) is 12.8. The normalized spacial score (nSPS) is 29.3. The first-order chi connectivity index (χ1) is 9.29. The molecule has 4 heteroatoms. The first kappa shape index (κ1) is 11.9. The minimum atomic E-state index is 0.127. The van der Waals surface area contributed by atoms with Crippen LogP contribution in [-0.2, 0) is 0 Å². The molecule has 2 N–H and O–H groups in total. The van der Waals surface area contributed by atoms with Crippen molar-refractivity contribution in [1.82, 2.24) is 10.6 Å². The third-order valence-electron chi connectivity index (χ3n) is 4.34. The van der Waals surface area contributed by atoms with Gasteiger partial charge in [-0.05, 0) is 61.6 Å². The van der Waals surface area contributed by atoms with Crippen molar-refractivity contribution >= 4 is 17.2 Å². The average Bonchev–Trinajstić information content (AvgIpc) is 3.24. The van der Waals surface area contributed by atoms with E-state index in [0.29, 0.717) is 18.0 Å². The highest BCUT2D eigenvalue weighted by Gasteiger charge is 2.39. The zero-order valence-corrected chi connectivity index (χ0v) is 11.8. The van der Waals surface area contributed by atoms with Crippen molar-refractivity contribution in [3.63, 3.8) is 0 Å². The topological polar surface area (TPSA) is 41.1 Å². The van der Waals surface area contributed by atoms with E-state index in [1.54, 1.807) is 11.3 Å². The predicted octanol–water partition coefficient (Wildman–Crippen LogP) is 2.50. The van der Waals surface area contributed by atoms with Crippen molar-refractivity contribution in [2.75, 3.05) is 6.54 Å². The van der Waals surface area contributed by atoms with Gasteiger partial charge in [-0.15, -0.1) is 11.3 Å². The lowest BCUT2D eigenvalue weighted by Crippen LogP contribution is -2.24. The largest absolute Gasteiger partial charge is 0.349 e. The number of carbonyl (C=O) groups excluding carboxylic acids is 1. The summed E-state index contributed by atoms with van der Waals surface area (Å²) in [5.74, 6) is 1.72. The van der Waals surface area contributed by atoms with E-state index in [4.69, 9.17) is 0 Å². The van der Waals surface area contributed by atoms with Gasteiger partial charge in [0, 0.05) is 18.0 Å². The smallest absolute Gasteiger partial charge is 0.261 e. The number of carbonyl (C=O) groups is 1. The standard InChI is InChI=1S/C15H20N2OS/c18-15(17-11-3-4-11)14-5-10(8-19-14)12-6-13(12)16-7-9-1-2-9/h5,8-9,11-13,16H,1-4,6-7H2,(H,17,18). The number of thiophene rings is 1. The highest BCUT2D eigenvalue weighted by atomic mass is 32.1. The first-order valence-corrected chi connectivity index (χ1v) is 8.30. The van der Waals surface area contributed by atoms with Crippen LogP contribution in [0.15, 0.2) is 11.4 Å². The van der Waals surface area contributed by atoms with E-state index in [1.165, 1.54) is 31.4 Å². The summed E-state index contributed by atoms with van der Waals surface area (Å²) in [5, 5.41) is 8.88. The minimum Gasteiger partial charge on any atom is -0.349 e. The Morgan fingerprint density at radius 1 is 1.32 bits per heavy atom. The van der Waals surface area contributed by atoms with Gasteiger partial charge in [0.25, 0.3) is 5.91 Å². The molecule has 19 heavy (non-hydrogen) atoms. The molecule has 0 aromatic carbocycles. The fourth-order valence-corrected chi connectivity index (χ4v) is 3.45. The minimum absolute atomic E-state index is 0.127. The van der Waals surface area contributed by atoms with E-state index in [0.717, 1.165) is 23.6 Å². The molecule has 0 bridgehead atoms. The van der Waals surface area contributed by atoms with E-state index in [-0.39, 0.29) is 5.91 Å². The Morgan fingerprint density at radius 3 is 2.89 bits per heavy atom. The summed E-state index contributed by atoms with van der Waals surface area (Å²) in [6, 6.07) is 3.22. The second-order valence-electron chi connectivity index (χ2n) is 6.29. The second-order valence-corrected chi connectivity index (χ2v) is 7.20. The summed E-state index contributed by atoms with van der Waals surface area (Å²) < 4.78 is 0. The fraction of sp³-hybridized carbons (Fsp3) is 0.667. The van der Waals surface area contributed by atoms with Crippen molar-refractivity contribution in [1.29, 1.82) is 0 Å². The molecule has 102 valence electrons. The Labute approximate surface area is 117 Å². The molecular formula is C15H20N2OS. The van der Waals surface area contributed by atoms with Crippen LogP contribution in [0.2, 0.25) is 0 Å². The SMILES string of the molecule is O=C(NC1CC1)c1cc(C2CC2NCC2CC2)cs1. The van der Waals surface area contributed by atoms with Gasteiger partial charge in [-0.3, -0.25) is 4.79 Å². The van der Waals surface area contributed by atoms with E-state index in [9.17, 15) is 4.79 Å². The van der Waals surface area contributed by atoms with E-state index in [1.807, 2.05) is 0 Å². The number of amides is 1. The molecule has 4 rings (SSSR count). The number of hydrogen-bond acceptors (Lipinski definition) is 3. The van der Waals surface area contributed by atoms with Crippen molar-refractivity contribution in [2.24, 2.45) is 5.92 Å². The third kappa shape index (κ3) is 2.84. The molecular weight excluding hydrogens is 256 g/mol. The summed E-state index contributed by atoms with van der Waals surface area (Å²) in [4.78, 5) is 12.8. The molecule has 3 saturated carbocycles. The highest BCUT2D eigenvalue weighted by Crippen LogP contribution is 2.43. The predicted molar refractivity (Wildman–Crippen MR) is 76.7 cm³/mol. The van der Waals surface area contributed by atoms with E-state index in [2.05, 4.69) is 22.1 Å². The summed E-state index contributed by atoms with van der Waals surface area (Å²) >= 11 is 1.59. The quantitative estimate of drug-likeness (QED) is 0.838. The zero-order valence-electron chi connectivity index (χ0n) is 11.0. The molecule has 3 aliphatic carbocycles. The van der Waals surface area contributed by atoms with Gasteiger partial charge >= 0.3 is 0 Å². The van der Waals surface area contributed by atoms with Gasteiger partial charge in [-0.1, -0.05) is 0 Å². The number of nitrogens with one attached hydrogen (secondary N) is 2. The Kier molecular flexibility index (Phi) is 2.88. The lowest BCUT2D eigenvalue weighted by Gasteiger charge is -2.01. The van der Waals surface area contributed by atoms with Gasteiger partial charge in [-0.25, -0.2) is 0 Å². The summed E-state index contributed by atoms with van der Waals surface area (Å²) in [7, 11) is 0. The summed E-state index contributed by atoms with van der Waals surface area (Å²) in [6.07, 6.45) is 6.37. The van der Waals surface area contributed by atoms with Crippen molar-refractivity contribution in [3.8, 4) is 0 Å². The maximum absolute atomic E-state index is 11.9. The summed E-state index contributed by atoms with van der Waals surface area (Å²) in [6.45, 7) is 1.19. The van der Waals surface area contributed by atoms with Crippen LogP contribution in [0.4, 0.5) is 0 Å². The molecule has 3 fully saturated rings. The molecule has 1 aromatic rings. The summed E-state index contributed by atoms with van der Waals surface area (Å²) in [5.41, 5.74) is 1.36. The average molecular weight is 276 g/mol. The third-order valence-corrected chi connectivity index (χ3v) is 5.29.